The molecule has 0 unspecified atom stereocenters. The molecule has 8 heteroatoms. The number of hydrogen-bond acceptors (Lipinski definition) is 4. The zero-order chi connectivity index (χ0) is 14.8. The third-order valence-electron chi connectivity index (χ3n) is 2.81. The number of thiophene rings is 1. The second kappa shape index (κ2) is 6.38. The molecule has 0 radical (unpaired) electrons. The van der Waals surface area contributed by atoms with Gasteiger partial charge in [0.2, 0.25) is 0 Å². The molecule has 2 heterocycles. The highest BCUT2D eigenvalue weighted by Gasteiger charge is 2.19. The van der Waals surface area contributed by atoms with Crippen molar-refractivity contribution in [2.75, 3.05) is 0 Å². The van der Waals surface area contributed by atoms with Gasteiger partial charge in [0.15, 0.2) is 5.03 Å². The maximum Gasteiger partial charge on any atom is 0.259 e. The number of halogens is 1. The van der Waals surface area contributed by atoms with Crippen LogP contribution in [0.3, 0.4) is 0 Å². The molecule has 0 bridgehead atoms. The molecule has 2 rings (SSSR count). The SMILES string of the molecule is CCCn1cc(S(=O)(=O)NCc2sccc2Br)nc1C. The molecule has 0 aromatic carbocycles. The summed E-state index contributed by atoms with van der Waals surface area (Å²) in [5.74, 6) is 0.713. The predicted molar refractivity (Wildman–Crippen MR) is 83.3 cm³/mol. The molecule has 2 aromatic heterocycles. The first-order valence-electron chi connectivity index (χ1n) is 6.19. The highest BCUT2D eigenvalue weighted by Crippen LogP contribution is 2.22. The number of aryl methyl sites for hydroxylation is 2. The number of nitrogens with zero attached hydrogens (tertiary/aromatic N) is 2. The van der Waals surface area contributed by atoms with E-state index in [4.69, 9.17) is 0 Å². The molecule has 0 aliphatic rings. The molecule has 0 spiro atoms. The highest BCUT2D eigenvalue weighted by atomic mass is 79.9. The zero-order valence-corrected chi connectivity index (χ0v) is 14.5. The van der Waals surface area contributed by atoms with E-state index < -0.39 is 10.0 Å². The Morgan fingerprint density at radius 1 is 1.50 bits per heavy atom. The van der Waals surface area contributed by atoms with Crippen molar-refractivity contribution in [3.05, 3.63) is 32.8 Å². The molecular weight excluding hydrogens is 362 g/mol. The van der Waals surface area contributed by atoms with E-state index in [0.29, 0.717) is 5.82 Å². The first-order chi connectivity index (χ1) is 9.44. The zero-order valence-electron chi connectivity index (χ0n) is 11.3. The van der Waals surface area contributed by atoms with Crippen molar-refractivity contribution >= 4 is 37.3 Å². The van der Waals surface area contributed by atoms with E-state index in [0.717, 1.165) is 22.3 Å². The van der Waals surface area contributed by atoms with Gasteiger partial charge >= 0.3 is 0 Å². The van der Waals surface area contributed by atoms with Gasteiger partial charge in [-0.25, -0.2) is 18.1 Å². The smallest absolute Gasteiger partial charge is 0.259 e. The lowest BCUT2D eigenvalue weighted by Gasteiger charge is -2.03. The molecule has 0 amide bonds. The van der Waals surface area contributed by atoms with Crippen molar-refractivity contribution in [1.29, 1.82) is 0 Å². The minimum atomic E-state index is -3.57. The van der Waals surface area contributed by atoms with Gasteiger partial charge < -0.3 is 4.57 Å². The van der Waals surface area contributed by atoms with E-state index in [1.165, 1.54) is 11.3 Å². The summed E-state index contributed by atoms with van der Waals surface area (Å²) in [6.45, 7) is 4.88. The molecular formula is C12H16BrN3O2S2. The molecule has 1 N–H and O–H groups in total. The van der Waals surface area contributed by atoms with Gasteiger partial charge in [-0.15, -0.1) is 11.3 Å². The molecule has 0 fully saturated rings. The molecule has 0 saturated carbocycles. The Bertz CT molecular complexity index is 691. The normalized spacial score (nSPS) is 11.9. The lowest BCUT2D eigenvalue weighted by molar-refractivity contribution is 0.578. The number of rotatable bonds is 6. The fourth-order valence-corrected chi connectivity index (χ4v) is 4.29. The number of sulfonamides is 1. The number of nitrogens with one attached hydrogen (secondary N) is 1. The predicted octanol–water partition coefficient (Wildman–Crippen LogP) is 2.90. The topological polar surface area (TPSA) is 64.0 Å². The molecule has 110 valence electrons. The first kappa shape index (κ1) is 15.7. The maximum atomic E-state index is 12.2. The van der Waals surface area contributed by atoms with Gasteiger partial charge in [-0.2, -0.15) is 0 Å². The average Bonchev–Trinajstić information content (AvgIpc) is 2.95. The Kier molecular flexibility index (Phi) is 5.00. The second-order valence-corrected chi connectivity index (χ2v) is 7.90. The van der Waals surface area contributed by atoms with E-state index in [1.54, 1.807) is 6.20 Å². The van der Waals surface area contributed by atoms with Crippen molar-refractivity contribution in [2.24, 2.45) is 0 Å². The number of aromatic nitrogens is 2. The monoisotopic (exact) mass is 377 g/mol. The summed E-state index contributed by atoms with van der Waals surface area (Å²) in [4.78, 5) is 5.07. The van der Waals surface area contributed by atoms with Crippen molar-refractivity contribution in [3.63, 3.8) is 0 Å². The summed E-state index contributed by atoms with van der Waals surface area (Å²) in [5, 5.41) is 1.99. The average molecular weight is 378 g/mol. The van der Waals surface area contributed by atoms with E-state index in [-0.39, 0.29) is 11.6 Å². The van der Waals surface area contributed by atoms with Crippen molar-refractivity contribution < 1.29 is 8.42 Å². The maximum absolute atomic E-state index is 12.2. The Morgan fingerprint density at radius 3 is 2.85 bits per heavy atom. The number of imidazole rings is 1. The summed E-state index contributed by atoms with van der Waals surface area (Å²) in [6, 6.07) is 1.90. The second-order valence-electron chi connectivity index (χ2n) is 4.34. The van der Waals surface area contributed by atoms with Crippen molar-refractivity contribution in [3.8, 4) is 0 Å². The van der Waals surface area contributed by atoms with Crippen LogP contribution in [0.15, 0.2) is 27.1 Å². The Hall–Kier alpha value is -0.700. The first-order valence-corrected chi connectivity index (χ1v) is 9.35. The van der Waals surface area contributed by atoms with Crippen LogP contribution in [-0.4, -0.2) is 18.0 Å². The van der Waals surface area contributed by atoms with Crippen LogP contribution >= 0.6 is 27.3 Å². The molecule has 2 aromatic rings. The standard InChI is InChI=1S/C12H16BrN3O2S2/c1-3-5-16-8-12(15-9(16)2)20(17,18)14-7-11-10(13)4-6-19-11/h4,6,8,14H,3,5,7H2,1-2H3. The third-order valence-corrected chi connectivity index (χ3v) is 6.01. The summed E-state index contributed by atoms with van der Waals surface area (Å²) in [6.07, 6.45) is 2.52. The highest BCUT2D eigenvalue weighted by molar-refractivity contribution is 9.10. The molecule has 0 aliphatic carbocycles. The molecule has 0 atom stereocenters. The Morgan fingerprint density at radius 2 is 2.25 bits per heavy atom. The van der Waals surface area contributed by atoms with E-state index in [9.17, 15) is 8.42 Å². The quantitative estimate of drug-likeness (QED) is 0.841. The lowest BCUT2D eigenvalue weighted by Crippen LogP contribution is -2.23. The fourth-order valence-electron chi connectivity index (χ4n) is 1.76. The van der Waals surface area contributed by atoms with Crippen molar-refractivity contribution in [2.45, 2.75) is 38.4 Å². The largest absolute Gasteiger partial charge is 0.334 e. The summed E-state index contributed by atoms with van der Waals surface area (Å²) < 4.78 is 29.8. The minimum Gasteiger partial charge on any atom is -0.334 e. The van der Waals surface area contributed by atoms with Crippen LogP contribution in [0, 0.1) is 6.92 Å². The fraction of sp³-hybridized carbons (Fsp3) is 0.417. The number of hydrogen-bond donors (Lipinski definition) is 1. The lowest BCUT2D eigenvalue weighted by atomic mass is 10.5. The van der Waals surface area contributed by atoms with Crippen molar-refractivity contribution in [1.82, 2.24) is 14.3 Å². The Labute approximate surface area is 131 Å². The summed E-state index contributed by atoms with van der Waals surface area (Å²) >= 11 is 4.88. The van der Waals surface area contributed by atoms with Gasteiger partial charge in [-0.3, -0.25) is 0 Å². The van der Waals surface area contributed by atoms with Gasteiger partial charge in [0.25, 0.3) is 10.0 Å². The minimum absolute atomic E-state index is 0.0797. The van der Waals surface area contributed by atoms with Gasteiger partial charge in [-0.1, -0.05) is 6.92 Å². The van der Waals surface area contributed by atoms with Crippen LogP contribution in [-0.2, 0) is 23.1 Å². The van der Waals surface area contributed by atoms with E-state index in [2.05, 4.69) is 25.6 Å². The van der Waals surface area contributed by atoms with Gasteiger partial charge in [0.1, 0.15) is 5.82 Å². The van der Waals surface area contributed by atoms with Crippen LogP contribution in [0.5, 0.6) is 0 Å². The molecule has 5 nitrogen and oxygen atoms in total. The molecule has 0 saturated heterocycles. The summed E-state index contributed by atoms with van der Waals surface area (Å²) in [7, 11) is -3.57. The van der Waals surface area contributed by atoms with Crippen LogP contribution in [0.25, 0.3) is 0 Å². The molecule has 20 heavy (non-hydrogen) atoms. The van der Waals surface area contributed by atoms with Gasteiger partial charge in [0, 0.05) is 28.6 Å². The van der Waals surface area contributed by atoms with E-state index >= 15 is 0 Å². The Balaban J connectivity index is 2.14. The van der Waals surface area contributed by atoms with Gasteiger partial charge in [0.05, 0.1) is 0 Å². The van der Waals surface area contributed by atoms with Crippen LogP contribution in [0.4, 0.5) is 0 Å². The van der Waals surface area contributed by atoms with Crippen LogP contribution < -0.4 is 4.72 Å². The van der Waals surface area contributed by atoms with Gasteiger partial charge in [-0.05, 0) is 40.7 Å². The summed E-state index contributed by atoms with van der Waals surface area (Å²) in [5.41, 5.74) is 0. The third kappa shape index (κ3) is 3.49. The van der Waals surface area contributed by atoms with Crippen LogP contribution in [0.1, 0.15) is 24.0 Å². The van der Waals surface area contributed by atoms with Crippen LogP contribution in [0.2, 0.25) is 0 Å². The molecule has 0 aliphatic heterocycles. The van der Waals surface area contributed by atoms with E-state index in [1.807, 2.05) is 29.9 Å².